The Hall–Kier alpha value is -0.470. The van der Waals surface area contributed by atoms with Gasteiger partial charge in [-0.05, 0) is 35.8 Å². The maximum atomic E-state index is 2.45. The van der Waals surface area contributed by atoms with E-state index in [-0.39, 0.29) is 0 Å². The van der Waals surface area contributed by atoms with Crippen molar-refractivity contribution in [3.63, 3.8) is 0 Å². The molecule has 1 nitrogen and oxygen atoms in total. The van der Waals surface area contributed by atoms with Crippen molar-refractivity contribution in [1.29, 1.82) is 0 Å². The average molecular weight is 207 g/mol. The molecular formula is C12H17NS. The second-order valence-electron chi connectivity index (χ2n) is 3.70. The van der Waals surface area contributed by atoms with Gasteiger partial charge >= 0.3 is 0 Å². The van der Waals surface area contributed by atoms with E-state index in [1.165, 1.54) is 18.5 Å². The van der Waals surface area contributed by atoms with Gasteiger partial charge in [-0.1, -0.05) is 37.1 Å². The van der Waals surface area contributed by atoms with Crippen LogP contribution in [-0.4, -0.2) is 17.1 Å². The predicted octanol–water partition coefficient (Wildman–Crippen LogP) is 2.89. The molecule has 0 atom stereocenters. The molecule has 0 saturated heterocycles. The van der Waals surface area contributed by atoms with Crippen LogP contribution in [0.1, 0.15) is 23.6 Å². The molecule has 76 valence electrons. The Balaban J connectivity index is 2.33. The van der Waals surface area contributed by atoms with Gasteiger partial charge in [0.1, 0.15) is 0 Å². The average Bonchev–Trinajstić information content (AvgIpc) is 2.27. The molecular weight excluding hydrogens is 190 g/mol. The highest BCUT2D eigenvalue weighted by Crippen LogP contribution is 2.25. The molecule has 0 aliphatic carbocycles. The van der Waals surface area contributed by atoms with E-state index in [1.54, 1.807) is 11.1 Å². The second kappa shape index (κ2) is 4.37. The van der Waals surface area contributed by atoms with Gasteiger partial charge in [-0.3, -0.25) is 0 Å². The Morgan fingerprint density at radius 1 is 1.43 bits per heavy atom. The molecule has 0 fully saturated rings. The third-order valence-electron chi connectivity index (χ3n) is 2.97. The fraction of sp³-hybridized carbons (Fsp3) is 0.500. The Morgan fingerprint density at radius 3 is 3.00 bits per heavy atom. The van der Waals surface area contributed by atoms with Gasteiger partial charge < -0.3 is 0 Å². The van der Waals surface area contributed by atoms with Crippen molar-refractivity contribution < 1.29 is 0 Å². The molecule has 0 bridgehead atoms. The monoisotopic (exact) mass is 207 g/mol. The van der Waals surface area contributed by atoms with Crippen molar-refractivity contribution >= 4 is 11.9 Å². The minimum Gasteiger partial charge on any atom is -0.246 e. The van der Waals surface area contributed by atoms with Gasteiger partial charge in [0.15, 0.2) is 0 Å². The van der Waals surface area contributed by atoms with Crippen LogP contribution in [0.2, 0.25) is 0 Å². The molecule has 0 saturated carbocycles. The number of benzene rings is 1. The minimum absolute atomic E-state index is 1.13. The first-order valence-corrected chi connectivity index (χ1v) is 6.42. The molecule has 1 aromatic carbocycles. The summed E-state index contributed by atoms with van der Waals surface area (Å²) < 4.78 is 2.45. The summed E-state index contributed by atoms with van der Waals surface area (Å²) in [4.78, 5) is 0. The van der Waals surface area contributed by atoms with Crippen molar-refractivity contribution in [2.75, 3.05) is 12.8 Å². The molecule has 14 heavy (non-hydrogen) atoms. The first kappa shape index (κ1) is 10.1. The summed E-state index contributed by atoms with van der Waals surface area (Å²) in [5, 5.41) is 0. The third-order valence-corrected chi connectivity index (χ3v) is 3.80. The van der Waals surface area contributed by atoms with Gasteiger partial charge in [0.2, 0.25) is 0 Å². The molecule has 0 spiro atoms. The molecule has 1 aromatic rings. The highest BCUT2D eigenvalue weighted by molar-refractivity contribution is 7.96. The first-order valence-electron chi connectivity index (χ1n) is 5.24. The summed E-state index contributed by atoms with van der Waals surface area (Å²) in [5.41, 5.74) is 4.67. The number of hydrogen-bond acceptors (Lipinski definition) is 2. The summed E-state index contributed by atoms with van der Waals surface area (Å²) in [5.74, 6) is 0. The van der Waals surface area contributed by atoms with Crippen molar-refractivity contribution in [3.8, 4) is 0 Å². The van der Waals surface area contributed by atoms with Crippen LogP contribution in [0.5, 0.6) is 0 Å². The van der Waals surface area contributed by atoms with Crippen molar-refractivity contribution in [1.82, 2.24) is 4.31 Å². The standard InChI is InChI=1S/C12H17NS/c1-3-10-5-4-6-11-7-8-13(14-2)9-12(10)11/h4-6H,3,7-9H2,1-2H3. The van der Waals surface area contributed by atoms with E-state index >= 15 is 0 Å². The predicted molar refractivity (Wildman–Crippen MR) is 63.4 cm³/mol. The van der Waals surface area contributed by atoms with Crippen molar-refractivity contribution in [3.05, 3.63) is 34.9 Å². The lowest BCUT2D eigenvalue weighted by Gasteiger charge is -2.28. The molecule has 0 radical (unpaired) electrons. The van der Waals surface area contributed by atoms with Gasteiger partial charge in [-0.2, -0.15) is 0 Å². The number of fused-ring (bicyclic) bond motifs is 1. The fourth-order valence-electron chi connectivity index (χ4n) is 2.11. The zero-order valence-corrected chi connectivity index (χ0v) is 9.73. The lowest BCUT2D eigenvalue weighted by Crippen LogP contribution is -2.25. The molecule has 1 heterocycles. The van der Waals surface area contributed by atoms with Crippen LogP contribution in [-0.2, 0) is 19.4 Å². The van der Waals surface area contributed by atoms with E-state index in [0.29, 0.717) is 0 Å². The Morgan fingerprint density at radius 2 is 2.29 bits per heavy atom. The van der Waals surface area contributed by atoms with E-state index in [4.69, 9.17) is 0 Å². The maximum Gasteiger partial charge on any atom is 0.0346 e. The topological polar surface area (TPSA) is 3.24 Å². The van der Waals surface area contributed by atoms with Gasteiger partial charge in [0.25, 0.3) is 0 Å². The number of rotatable bonds is 2. The normalized spacial score (nSPS) is 16.7. The van der Waals surface area contributed by atoms with Crippen LogP contribution in [0, 0.1) is 0 Å². The van der Waals surface area contributed by atoms with Crippen LogP contribution < -0.4 is 0 Å². The van der Waals surface area contributed by atoms with Crippen LogP contribution in [0.4, 0.5) is 0 Å². The molecule has 0 N–H and O–H groups in total. The quantitative estimate of drug-likeness (QED) is 0.686. The van der Waals surface area contributed by atoms with Gasteiger partial charge in [-0.15, -0.1) is 0 Å². The second-order valence-corrected chi connectivity index (χ2v) is 4.59. The Bertz CT molecular complexity index is 308. The molecule has 0 amide bonds. The first-order chi connectivity index (χ1) is 6.85. The van der Waals surface area contributed by atoms with E-state index in [9.17, 15) is 0 Å². The molecule has 1 aliphatic heterocycles. The molecule has 0 unspecified atom stereocenters. The Labute approximate surface area is 90.6 Å². The summed E-state index contributed by atoms with van der Waals surface area (Å²) in [6, 6.07) is 6.75. The van der Waals surface area contributed by atoms with Crippen LogP contribution in [0.15, 0.2) is 18.2 Å². The molecule has 2 rings (SSSR count). The SMILES string of the molecule is CCc1cccc2c1CN(SC)CC2. The fourth-order valence-corrected chi connectivity index (χ4v) is 2.64. The van der Waals surface area contributed by atoms with E-state index < -0.39 is 0 Å². The third kappa shape index (κ3) is 1.82. The number of nitrogens with zero attached hydrogens (tertiary/aromatic N) is 1. The highest BCUT2D eigenvalue weighted by Gasteiger charge is 2.16. The van der Waals surface area contributed by atoms with E-state index in [1.807, 2.05) is 11.9 Å². The van der Waals surface area contributed by atoms with Crippen molar-refractivity contribution in [2.24, 2.45) is 0 Å². The smallest absolute Gasteiger partial charge is 0.0346 e. The van der Waals surface area contributed by atoms with Crippen LogP contribution >= 0.6 is 11.9 Å². The molecule has 1 aliphatic rings. The molecule has 2 heteroatoms. The lowest BCUT2D eigenvalue weighted by molar-refractivity contribution is 0.443. The van der Waals surface area contributed by atoms with E-state index in [0.717, 1.165) is 13.0 Å². The summed E-state index contributed by atoms with van der Waals surface area (Å²) in [6.45, 7) is 4.56. The minimum atomic E-state index is 1.13. The Kier molecular flexibility index (Phi) is 3.14. The van der Waals surface area contributed by atoms with E-state index in [2.05, 4.69) is 35.7 Å². The largest absolute Gasteiger partial charge is 0.246 e. The summed E-state index contributed by atoms with van der Waals surface area (Å²) >= 11 is 1.86. The van der Waals surface area contributed by atoms with Crippen molar-refractivity contribution in [2.45, 2.75) is 26.3 Å². The van der Waals surface area contributed by atoms with Crippen LogP contribution in [0.3, 0.4) is 0 Å². The number of aryl methyl sites for hydroxylation is 1. The highest BCUT2D eigenvalue weighted by atomic mass is 32.2. The summed E-state index contributed by atoms with van der Waals surface area (Å²) in [7, 11) is 0. The molecule has 0 aromatic heterocycles. The van der Waals surface area contributed by atoms with Crippen LogP contribution in [0.25, 0.3) is 0 Å². The summed E-state index contributed by atoms with van der Waals surface area (Å²) in [6.07, 6.45) is 4.54. The maximum absolute atomic E-state index is 2.45. The van der Waals surface area contributed by atoms with Gasteiger partial charge in [0, 0.05) is 13.1 Å². The zero-order valence-electron chi connectivity index (χ0n) is 8.92. The zero-order chi connectivity index (χ0) is 9.97. The lowest BCUT2D eigenvalue weighted by atomic mass is 9.95. The number of hydrogen-bond donors (Lipinski definition) is 0. The van der Waals surface area contributed by atoms with Gasteiger partial charge in [-0.25, -0.2) is 4.31 Å². The van der Waals surface area contributed by atoms with Gasteiger partial charge in [0.05, 0.1) is 0 Å².